The average molecular weight is 554 g/mol. The van der Waals surface area contributed by atoms with Gasteiger partial charge in [-0.25, -0.2) is 20.0 Å². The van der Waals surface area contributed by atoms with E-state index in [2.05, 4.69) is 52.9 Å². The van der Waals surface area contributed by atoms with Crippen molar-refractivity contribution in [3.63, 3.8) is 0 Å². The van der Waals surface area contributed by atoms with Gasteiger partial charge in [-0.05, 0) is 59.3 Å². The van der Waals surface area contributed by atoms with Crippen LogP contribution in [0.25, 0.3) is 11.2 Å². The smallest absolute Gasteiger partial charge is 0.365 e. The van der Waals surface area contributed by atoms with Gasteiger partial charge in [0.15, 0.2) is 11.5 Å². The summed E-state index contributed by atoms with van der Waals surface area (Å²) in [6, 6.07) is 0. The van der Waals surface area contributed by atoms with Crippen molar-refractivity contribution in [1.82, 2.24) is 24.6 Å². The summed E-state index contributed by atoms with van der Waals surface area (Å²) in [6.45, 7) is 17.2. The van der Waals surface area contributed by atoms with E-state index in [9.17, 15) is 9.36 Å². The molecule has 0 saturated heterocycles. The summed E-state index contributed by atoms with van der Waals surface area (Å²) in [6.07, 6.45) is 3.31. The monoisotopic (exact) mass is 553 g/mol. The van der Waals surface area contributed by atoms with Gasteiger partial charge in [0.25, 0.3) is 0 Å². The summed E-state index contributed by atoms with van der Waals surface area (Å²) in [7, 11) is -3.81. The molecule has 2 aromatic rings. The molecule has 0 radical (unpaired) electrons. The van der Waals surface area contributed by atoms with Gasteiger partial charge in [-0.2, -0.15) is 0 Å². The number of hydrogen-bond donors (Lipinski definition) is 2. The third-order valence-electron chi connectivity index (χ3n) is 5.30. The molecule has 0 aromatic carbocycles. The van der Waals surface area contributed by atoms with Crippen LogP contribution in [-0.2, 0) is 30.0 Å². The van der Waals surface area contributed by atoms with Gasteiger partial charge >= 0.3 is 13.5 Å². The number of rotatable bonds is 15. The van der Waals surface area contributed by atoms with E-state index >= 15 is 0 Å². The van der Waals surface area contributed by atoms with Crippen LogP contribution < -0.4 is 10.8 Å². The topological polar surface area (TPSA) is 156 Å². The SMILES string of the molecule is CC(C)CC(CC(C)C)=NO[P@@](=O)(CO[C@H](C)Cn1cnc2c(N)ncnc21)NC(C)(C)C(=O)OC(C)C. The summed E-state index contributed by atoms with van der Waals surface area (Å²) >= 11 is 0. The molecule has 0 fully saturated rings. The molecule has 12 nitrogen and oxygen atoms in total. The Bertz CT molecular complexity index is 1130. The van der Waals surface area contributed by atoms with Crippen molar-refractivity contribution < 1.29 is 23.5 Å². The van der Waals surface area contributed by atoms with Crippen molar-refractivity contribution in [2.45, 2.75) is 99.4 Å². The van der Waals surface area contributed by atoms with Gasteiger partial charge in [0.05, 0.1) is 30.8 Å². The highest BCUT2D eigenvalue weighted by atomic mass is 31.2. The summed E-state index contributed by atoms with van der Waals surface area (Å²) < 4.78 is 32.8. The van der Waals surface area contributed by atoms with Crippen LogP contribution in [0, 0.1) is 11.8 Å². The number of carbonyl (C=O) groups is 1. The zero-order valence-electron chi connectivity index (χ0n) is 24.1. The quantitative estimate of drug-likeness (QED) is 0.137. The molecule has 0 saturated carbocycles. The van der Waals surface area contributed by atoms with E-state index in [0.29, 0.717) is 42.4 Å². The number of anilines is 1. The van der Waals surface area contributed by atoms with Crippen molar-refractivity contribution in [3.8, 4) is 0 Å². The molecule has 0 bridgehead atoms. The predicted molar refractivity (Wildman–Crippen MR) is 149 cm³/mol. The number of nitrogen functional groups attached to an aromatic ring is 1. The standard InChI is InChI=1S/C25H44N7O5P/c1-16(2)10-20(11-17(3)4)30-37-38(34,31-25(8,9)24(33)36-18(5)6)15-35-19(7)12-32-14-29-21-22(26)27-13-28-23(21)32/h13-14,16-19H,10-12,15H2,1-9H3,(H,31,34)(H2,26,27,28)/t19-,38+/m1/s1. The van der Waals surface area contributed by atoms with Gasteiger partial charge in [0, 0.05) is 0 Å². The molecule has 2 rings (SSSR count). The lowest BCUT2D eigenvalue weighted by Gasteiger charge is -2.29. The van der Waals surface area contributed by atoms with Crippen molar-refractivity contribution in [2.75, 3.05) is 12.1 Å². The number of hydrogen-bond acceptors (Lipinski definition) is 10. The fourth-order valence-electron chi connectivity index (χ4n) is 3.72. The van der Waals surface area contributed by atoms with Crippen LogP contribution in [-0.4, -0.2) is 55.3 Å². The number of aromatic nitrogens is 4. The number of nitrogens with one attached hydrogen (secondary N) is 1. The Labute approximate surface area is 225 Å². The molecule has 2 atom stereocenters. The van der Waals surface area contributed by atoms with E-state index in [1.54, 1.807) is 38.6 Å². The largest absolute Gasteiger partial charge is 0.462 e. The van der Waals surface area contributed by atoms with Crippen molar-refractivity contribution in [2.24, 2.45) is 17.0 Å². The molecule has 0 aliphatic heterocycles. The van der Waals surface area contributed by atoms with Crippen LogP contribution in [0.1, 0.15) is 75.2 Å². The number of nitrogens with zero attached hydrogens (tertiary/aromatic N) is 5. The Morgan fingerprint density at radius 1 is 1.11 bits per heavy atom. The van der Waals surface area contributed by atoms with Gasteiger partial charge < -0.3 is 24.4 Å². The Hall–Kier alpha value is -2.56. The van der Waals surface area contributed by atoms with E-state index in [4.69, 9.17) is 19.8 Å². The van der Waals surface area contributed by atoms with Gasteiger partial charge in [-0.15, -0.1) is 0 Å². The fraction of sp³-hybridized carbons (Fsp3) is 0.720. The number of esters is 1. The Morgan fingerprint density at radius 2 is 1.74 bits per heavy atom. The zero-order valence-corrected chi connectivity index (χ0v) is 25.0. The highest BCUT2D eigenvalue weighted by molar-refractivity contribution is 7.56. The molecular weight excluding hydrogens is 509 g/mol. The lowest BCUT2D eigenvalue weighted by molar-refractivity contribution is -0.153. The first-order chi connectivity index (χ1) is 17.6. The van der Waals surface area contributed by atoms with Crippen LogP contribution in [0.2, 0.25) is 0 Å². The van der Waals surface area contributed by atoms with Crippen molar-refractivity contribution >= 4 is 36.2 Å². The predicted octanol–water partition coefficient (Wildman–Crippen LogP) is 4.75. The molecule has 214 valence electrons. The number of ether oxygens (including phenoxy) is 2. The highest BCUT2D eigenvalue weighted by Crippen LogP contribution is 2.46. The van der Waals surface area contributed by atoms with Crippen LogP contribution in [0.15, 0.2) is 17.8 Å². The third kappa shape index (κ3) is 9.63. The Balaban J connectivity index is 2.24. The second-order valence-electron chi connectivity index (χ2n) is 11.2. The van der Waals surface area contributed by atoms with E-state index in [1.807, 2.05) is 6.92 Å². The van der Waals surface area contributed by atoms with Gasteiger partial charge in [0.2, 0.25) is 0 Å². The molecule has 0 aliphatic carbocycles. The van der Waals surface area contributed by atoms with Crippen LogP contribution >= 0.6 is 7.52 Å². The summed E-state index contributed by atoms with van der Waals surface area (Å²) in [4.78, 5) is 25.2. The molecule has 2 heterocycles. The van der Waals surface area contributed by atoms with Gasteiger partial charge in [0.1, 0.15) is 23.7 Å². The lowest BCUT2D eigenvalue weighted by Crippen LogP contribution is -2.47. The van der Waals surface area contributed by atoms with E-state index in [0.717, 1.165) is 5.71 Å². The lowest BCUT2D eigenvalue weighted by atomic mass is 9.99. The number of oxime groups is 1. The minimum atomic E-state index is -3.81. The van der Waals surface area contributed by atoms with Gasteiger partial charge in [-0.3, -0.25) is 9.36 Å². The van der Waals surface area contributed by atoms with Crippen molar-refractivity contribution in [3.05, 3.63) is 12.7 Å². The third-order valence-corrected chi connectivity index (χ3v) is 7.04. The normalized spacial score (nSPS) is 14.6. The molecule has 13 heteroatoms. The molecule has 3 N–H and O–H groups in total. The fourth-order valence-corrected chi connectivity index (χ4v) is 5.51. The average Bonchev–Trinajstić information content (AvgIpc) is 3.19. The van der Waals surface area contributed by atoms with E-state index in [1.165, 1.54) is 6.33 Å². The molecule has 0 unspecified atom stereocenters. The minimum absolute atomic E-state index is 0.288. The first-order valence-electron chi connectivity index (χ1n) is 13.0. The number of imidazole rings is 1. The summed E-state index contributed by atoms with van der Waals surface area (Å²) in [5, 5.41) is 7.16. The summed E-state index contributed by atoms with van der Waals surface area (Å²) in [5.74, 6) is 0.427. The number of fused-ring (bicyclic) bond motifs is 1. The second-order valence-corrected chi connectivity index (χ2v) is 13.2. The van der Waals surface area contributed by atoms with E-state index in [-0.39, 0.29) is 18.3 Å². The maximum atomic E-state index is 14.0. The minimum Gasteiger partial charge on any atom is -0.462 e. The number of nitrogens with two attached hydrogens (primary N) is 1. The van der Waals surface area contributed by atoms with Crippen LogP contribution in [0.3, 0.4) is 0 Å². The second kappa shape index (κ2) is 13.5. The van der Waals surface area contributed by atoms with Gasteiger partial charge in [-0.1, -0.05) is 32.9 Å². The first-order valence-corrected chi connectivity index (χ1v) is 14.8. The van der Waals surface area contributed by atoms with E-state index < -0.39 is 25.1 Å². The molecule has 2 aromatic heterocycles. The Morgan fingerprint density at radius 3 is 2.32 bits per heavy atom. The molecule has 0 spiro atoms. The number of carbonyl (C=O) groups excluding carboxylic acids is 1. The molecule has 0 aliphatic rings. The maximum Gasteiger partial charge on any atom is 0.365 e. The Kier molecular flexibility index (Phi) is 11.2. The molecule has 0 amide bonds. The maximum absolute atomic E-state index is 14.0. The highest BCUT2D eigenvalue weighted by Gasteiger charge is 2.40. The van der Waals surface area contributed by atoms with Crippen molar-refractivity contribution in [1.29, 1.82) is 0 Å². The van der Waals surface area contributed by atoms with Crippen LogP contribution in [0.5, 0.6) is 0 Å². The van der Waals surface area contributed by atoms with Crippen LogP contribution in [0.4, 0.5) is 5.82 Å². The molecular formula is C25H44N7O5P. The molecule has 38 heavy (non-hydrogen) atoms. The summed E-state index contributed by atoms with van der Waals surface area (Å²) in [5.41, 5.74) is 6.43. The first kappa shape index (κ1) is 31.7. The zero-order chi connectivity index (χ0) is 28.7.